The molecule has 6 rings (SSSR count). The Morgan fingerprint density at radius 1 is 0.778 bits per heavy atom. The fraction of sp³-hybridized carbons (Fsp3) is 0.829. The summed E-state index contributed by atoms with van der Waals surface area (Å²) in [6.07, 6.45) is 15.6. The number of hydrogen-bond acceptors (Lipinski definition) is 8. The molecule has 0 amide bonds. The molecule has 5 N–H and O–H groups in total. The van der Waals surface area contributed by atoms with Crippen LogP contribution in [0.3, 0.4) is 0 Å². The van der Waals surface area contributed by atoms with Gasteiger partial charge in [-0.3, -0.25) is 15.1 Å². The van der Waals surface area contributed by atoms with E-state index in [1.165, 1.54) is 54.6 Å². The molecule has 2 aliphatic carbocycles. The van der Waals surface area contributed by atoms with Gasteiger partial charge in [-0.2, -0.15) is 10.2 Å². The third-order valence-corrected chi connectivity index (χ3v) is 11.8. The molecule has 0 bridgehead atoms. The molecule has 1 unspecified atom stereocenters. The first kappa shape index (κ1) is 33.1. The smallest absolute Gasteiger partial charge is 0.0702 e. The van der Waals surface area contributed by atoms with Gasteiger partial charge in [0.2, 0.25) is 0 Å². The number of nitrogens with zero attached hydrogens (tertiary/aromatic N) is 3. The number of nitrogens with one attached hydrogen (secondary N) is 5. The second-order valence-electron chi connectivity index (χ2n) is 16.0. The first-order valence-electron chi connectivity index (χ1n) is 17.7. The molecule has 10 heteroatoms. The molecule has 4 fully saturated rings. The lowest BCUT2D eigenvalue weighted by molar-refractivity contribution is -0.0305. The van der Waals surface area contributed by atoms with Gasteiger partial charge in [-0.15, -0.1) is 0 Å². The number of hydrogen-bond donors (Lipinski definition) is 5. The predicted octanol–water partition coefficient (Wildman–Crippen LogP) is 4.58. The third-order valence-electron chi connectivity index (χ3n) is 11.8. The summed E-state index contributed by atoms with van der Waals surface area (Å²) in [5.41, 5.74) is 5.82. The number of rotatable bonds is 13. The highest BCUT2D eigenvalue weighted by atomic mass is 16.5. The van der Waals surface area contributed by atoms with Crippen molar-refractivity contribution in [1.82, 2.24) is 41.2 Å². The lowest BCUT2D eigenvalue weighted by Crippen LogP contribution is -2.48. The molecule has 252 valence electrons. The maximum absolute atomic E-state index is 6.67. The van der Waals surface area contributed by atoms with Crippen molar-refractivity contribution in [2.24, 2.45) is 5.41 Å². The van der Waals surface area contributed by atoms with Crippen molar-refractivity contribution in [2.45, 2.75) is 127 Å². The molecule has 2 spiro atoms. The summed E-state index contributed by atoms with van der Waals surface area (Å²) in [4.78, 5) is 2.53. The minimum absolute atomic E-state index is 0.0156. The van der Waals surface area contributed by atoms with Crippen LogP contribution in [0.2, 0.25) is 0 Å². The molecule has 0 aromatic carbocycles. The van der Waals surface area contributed by atoms with Gasteiger partial charge in [0.05, 0.1) is 36.8 Å². The second-order valence-corrected chi connectivity index (χ2v) is 16.0. The van der Waals surface area contributed by atoms with Crippen LogP contribution in [0, 0.1) is 5.41 Å². The molecule has 1 atom stereocenters. The van der Waals surface area contributed by atoms with E-state index in [1.54, 1.807) is 0 Å². The number of aromatic nitrogens is 4. The van der Waals surface area contributed by atoms with E-state index in [4.69, 9.17) is 9.47 Å². The quantitative estimate of drug-likeness (QED) is 0.206. The standard InChI is InChI=1S/C35H60N8O2/c1-32(2)22-34(44-24-32)10-6-26(7-11-34)31-29(21-40-42-31)19-38-16-17-43(5)33(3)23-35(45-25-33)12-8-27(9-13-35)30-28(20-39-41-30)18-37-15-14-36-4/h20-21,26-27,36-38H,6-19,22-25H2,1-5H3,(H,39,41)(H,40,42). The summed E-state index contributed by atoms with van der Waals surface area (Å²) in [6.45, 7) is 14.4. The van der Waals surface area contributed by atoms with Gasteiger partial charge in [-0.1, -0.05) is 13.8 Å². The maximum atomic E-state index is 6.67. The lowest BCUT2D eigenvalue weighted by atomic mass is 9.72. The largest absolute Gasteiger partial charge is 0.374 e. The van der Waals surface area contributed by atoms with E-state index in [9.17, 15) is 0 Å². The van der Waals surface area contributed by atoms with E-state index in [0.717, 1.165) is 84.6 Å². The monoisotopic (exact) mass is 624 g/mol. The first-order valence-corrected chi connectivity index (χ1v) is 17.7. The molecule has 0 radical (unpaired) electrons. The topological polar surface area (TPSA) is 115 Å². The van der Waals surface area contributed by atoms with Gasteiger partial charge in [0.15, 0.2) is 0 Å². The van der Waals surface area contributed by atoms with Crippen LogP contribution in [0.1, 0.15) is 119 Å². The van der Waals surface area contributed by atoms with Gasteiger partial charge in [0.1, 0.15) is 0 Å². The Morgan fingerprint density at radius 2 is 1.31 bits per heavy atom. The van der Waals surface area contributed by atoms with Gasteiger partial charge in [-0.25, -0.2) is 0 Å². The van der Waals surface area contributed by atoms with Crippen LogP contribution < -0.4 is 16.0 Å². The SMILES string of the molecule is CNCCNCc1cn[nH]c1C1CCC2(CC1)CC(C)(N(C)CCNCc1cn[nH]c1C1CCC3(CC1)CC(C)(C)CO3)CO2. The van der Waals surface area contributed by atoms with Crippen LogP contribution in [-0.4, -0.2) is 95.5 Å². The fourth-order valence-electron chi connectivity index (χ4n) is 8.99. The van der Waals surface area contributed by atoms with Crippen LogP contribution in [-0.2, 0) is 22.6 Å². The summed E-state index contributed by atoms with van der Waals surface area (Å²) >= 11 is 0. The van der Waals surface area contributed by atoms with Crippen LogP contribution in [0.5, 0.6) is 0 Å². The molecule has 2 aromatic heterocycles. The molecular weight excluding hydrogens is 564 g/mol. The number of likely N-dealkylation sites (N-methyl/N-ethyl adjacent to an activating group) is 2. The highest BCUT2D eigenvalue weighted by Crippen LogP contribution is 2.50. The maximum Gasteiger partial charge on any atom is 0.0702 e. The van der Waals surface area contributed by atoms with E-state index in [2.05, 4.69) is 69.1 Å². The highest BCUT2D eigenvalue weighted by Gasteiger charge is 2.50. The fourth-order valence-corrected chi connectivity index (χ4v) is 8.99. The molecule has 4 heterocycles. The molecule has 4 aliphatic rings. The van der Waals surface area contributed by atoms with Crippen LogP contribution in [0.4, 0.5) is 0 Å². The van der Waals surface area contributed by atoms with Crippen LogP contribution in [0.15, 0.2) is 12.4 Å². The average Bonchev–Trinajstić information content (AvgIpc) is 3.82. The van der Waals surface area contributed by atoms with E-state index >= 15 is 0 Å². The molecule has 2 aliphatic heterocycles. The van der Waals surface area contributed by atoms with E-state index < -0.39 is 0 Å². The van der Waals surface area contributed by atoms with E-state index in [0.29, 0.717) is 17.3 Å². The Kier molecular flexibility index (Phi) is 10.1. The number of aromatic amines is 2. The van der Waals surface area contributed by atoms with Gasteiger partial charge >= 0.3 is 0 Å². The van der Waals surface area contributed by atoms with E-state index in [-0.39, 0.29) is 16.7 Å². The summed E-state index contributed by atoms with van der Waals surface area (Å²) in [6, 6.07) is 0. The Labute approximate surface area is 270 Å². The van der Waals surface area contributed by atoms with Crippen molar-refractivity contribution in [2.75, 3.05) is 53.5 Å². The van der Waals surface area contributed by atoms with E-state index in [1.807, 2.05) is 19.4 Å². The molecule has 2 saturated heterocycles. The number of H-pyrrole nitrogens is 2. The molecule has 2 saturated carbocycles. The minimum atomic E-state index is 0.0156. The molecule has 2 aromatic rings. The van der Waals surface area contributed by atoms with Crippen LogP contribution in [0.25, 0.3) is 0 Å². The normalized spacial score (nSPS) is 33.2. The van der Waals surface area contributed by atoms with Crippen molar-refractivity contribution in [3.8, 4) is 0 Å². The second kappa shape index (κ2) is 13.7. The highest BCUT2D eigenvalue weighted by molar-refractivity contribution is 5.23. The summed E-state index contributed by atoms with van der Waals surface area (Å²) in [5.74, 6) is 1.10. The first-order chi connectivity index (χ1) is 21.6. The third kappa shape index (κ3) is 7.52. The van der Waals surface area contributed by atoms with Crippen molar-refractivity contribution >= 4 is 0 Å². The average molecular weight is 625 g/mol. The summed E-state index contributed by atoms with van der Waals surface area (Å²) < 4.78 is 13.0. The minimum Gasteiger partial charge on any atom is -0.374 e. The lowest BCUT2D eigenvalue weighted by Gasteiger charge is -2.39. The zero-order valence-electron chi connectivity index (χ0n) is 28.7. The zero-order chi connectivity index (χ0) is 31.5. The van der Waals surface area contributed by atoms with Gasteiger partial charge in [0.25, 0.3) is 0 Å². The summed E-state index contributed by atoms with van der Waals surface area (Å²) in [5, 5.41) is 26.0. The van der Waals surface area contributed by atoms with Crippen molar-refractivity contribution in [1.29, 1.82) is 0 Å². The predicted molar refractivity (Wildman–Crippen MR) is 178 cm³/mol. The zero-order valence-corrected chi connectivity index (χ0v) is 28.7. The Morgan fingerprint density at radius 3 is 1.84 bits per heavy atom. The Hall–Kier alpha value is -1.82. The molecule has 10 nitrogen and oxygen atoms in total. The Balaban J connectivity index is 0.928. The van der Waals surface area contributed by atoms with Crippen LogP contribution >= 0.6 is 0 Å². The van der Waals surface area contributed by atoms with Crippen molar-refractivity contribution < 1.29 is 9.47 Å². The molecule has 45 heavy (non-hydrogen) atoms. The van der Waals surface area contributed by atoms with Gasteiger partial charge < -0.3 is 25.4 Å². The Bertz CT molecular complexity index is 1230. The van der Waals surface area contributed by atoms with Crippen molar-refractivity contribution in [3.05, 3.63) is 34.9 Å². The summed E-state index contributed by atoms with van der Waals surface area (Å²) in [7, 11) is 4.27. The molecular formula is C35H60N8O2. The van der Waals surface area contributed by atoms with Gasteiger partial charge in [-0.05, 0) is 90.6 Å². The van der Waals surface area contributed by atoms with Gasteiger partial charge in [0, 0.05) is 79.2 Å². The number of ether oxygens (including phenoxy) is 2. The van der Waals surface area contributed by atoms with Crippen molar-refractivity contribution in [3.63, 3.8) is 0 Å².